The van der Waals surface area contributed by atoms with Crippen LogP contribution < -0.4 is 0 Å². The highest BCUT2D eigenvalue weighted by Gasteiger charge is 2.17. The first-order valence-electron chi connectivity index (χ1n) is 5.35. The van der Waals surface area contributed by atoms with Crippen LogP contribution in [0.3, 0.4) is 0 Å². The predicted molar refractivity (Wildman–Crippen MR) is 57.0 cm³/mol. The summed E-state index contributed by atoms with van der Waals surface area (Å²) in [5.74, 6) is 0.925. The average molecular weight is 199 g/mol. The molecule has 14 heavy (non-hydrogen) atoms. The van der Waals surface area contributed by atoms with Crippen molar-refractivity contribution in [1.29, 1.82) is 0 Å². The molecule has 0 radical (unpaired) electrons. The quantitative estimate of drug-likeness (QED) is 0.641. The molecule has 2 heterocycles. The lowest BCUT2D eigenvalue weighted by Gasteiger charge is -2.18. The fourth-order valence-electron chi connectivity index (χ4n) is 1.16. The van der Waals surface area contributed by atoms with Crippen LogP contribution in [-0.4, -0.2) is 28.9 Å². The van der Waals surface area contributed by atoms with Gasteiger partial charge in [-0.05, 0) is 7.05 Å². The first-order chi connectivity index (χ1) is 6.86. The number of aromatic nitrogens is 2. The number of nitrogens with zero attached hydrogens (tertiary/aromatic N) is 3. The SMILES string of the molecule is CC.CC.CN1CCc2nnoc2C1. The van der Waals surface area contributed by atoms with Gasteiger partial charge in [-0.1, -0.05) is 27.7 Å². The molecule has 4 heteroatoms. The summed E-state index contributed by atoms with van der Waals surface area (Å²) in [5.41, 5.74) is 1.03. The third kappa shape index (κ3) is 3.46. The van der Waals surface area contributed by atoms with E-state index in [4.69, 9.17) is 4.52 Å². The van der Waals surface area contributed by atoms with Gasteiger partial charge in [0.1, 0.15) is 5.69 Å². The van der Waals surface area contributed by atoms with Gasteiger partial charge in [-0.3, -0.25) is 4.90 Å². The Labute approximate surface area is 86.3 Å². The van der Waals surface area contributed by atoms with E-state index in [0.29, 0.717) is 0 Å². The molecule has 1 aliphatic heterocycles. The van der Waals surface area contributed by atoms with E-state index in [9.17, 15) is 0 Å². The summed E-state index contributed by atoms with van der Waals surface area (Å²) in [6.07, 6.45) is 0.968. The summed E-state index contributed by atoms with van der Waals surface area (Å²) in [6, 6.07) is 0. The van der Waals surface area contributed by atoms with Crippen LogP contribution in [0.5, 0.6) is 0 Å². The van der Waals surface area contributed by atoms with Crippen LogP contribution in [0.15, 0.2) is 4.52 Å². The lowest BCUT2D eigenvalue weighted by molar-refractivity contribution is 0.256. The van der Waals surface area contributed by atoms with Gasteiger partial charge in [-0.2, -0.15) is 0 Å². The maximum absolute atomic E-state index is 4.92. The van der Waals surface area contributed by atoms with Crippen LogP contribution in [0, 0.1) is 0 Å². The van der Waals surface area contributed by atoms with E-state index in [1.54, 1.807) is 0 Å². The Balaban J connectivity index is 0.000000379. The van der Waals surface area contributed by atoms with Gasteiger partial charge in [0.2, 0.25) is 0 Å². The number of rotatable bonds is 0. The van der Waals surface area contributed by atoms with Crippen LogP contribution >= 0.6 is 0 Å². The van der Waals surface area contributed by atoms with Crippen molar-refractivity contribution >= 4 is 0 Å². The molecular weight excluding hydrogens is 178 g/mol. The molecule has 4 nitrogen and oxygen atoms in total. The number of hydrogen-bond donors (Lipinski definition) is 0. The van der Waals surface area contributed by atoms with Crippen molar-refractivity contribution in [2.45, 2.75) is 40.7 Å². The second-order valence-electron chi connectivity index (χ2n) is 2.63. The summed E-state index contributed by atoms with van der Waals surface area (Å²) in [5, 5.41) is 7.33. The van der Waals surface area contributed by atoms with Crippen molar-refractivity contribution in [2.24, 2.45) is 0 Å². The normalized spacial score (nSPS) is 14.4. The zero-order valence-corrected chi connectivity index (χ0v) is 9.87. The van der Waals surface area contributed by atoms with Crippen molar-refractivity contribution in [3.8, 4) is 0 Å². The highest BCUT2D eigenvalue weighted by Crippen LogP contribution is 2.13. The third-order valence-corrected chi connectivity index (χ3v) is 1.78. The molecule has 0 amide bonds. The van der Waals surface area contributed by atoms with Crippen molar-refractivity contribution in [3.63, 3.8) is 0 Å². The highest BCUT2D eigenvalue weighted by atomic mass is 16.5. The summed E-state index contributed by atoms with van der Waals surface area (Å²) < 4.78 is 4.92. The van der Waals surface area contributed by atoms with E-state index < -0.39 is 0 Å². The van der Waals surface area contributed by atoms with Crippen molar-refractivity contribution in [1.82, 2.24) is 15.3 Å². The van der Waals surface area contributed by atoms with Crippen LogP contribution in [-0.2, 0) is 13.0 Å². The third-order valence-electron chi connectivity index (χ3n) is 1.78. The van der Waals surface area contributed by atoms with Crippen molar-refractivity contribution in [2.75, 3.05) is 13.6 Å². The van der Waals surface area contributed by atoms with E-state index in [1.165, 1.54) is 0 Å². The number of fused-ring (bicyclic) bond motifs is 1. The summed E-state index contributed by atoms with van der Waals surface area (Å²) in [7, 11) is 2.06. The van der Waals surface area contributed by atoms with Crippen LogP contribution in [0.2, 0.25) is 0 Å². The van der Waals surface area contributed by atoms with E-state index in [2.05, 4.69) is 22.3 Å². The molecule has 1 aromatic rings. The Morgan fingerprint density at radius 1 is 1.21 bits per heavy atom. The monoisotopic (exact) mass is 199 g/mol. The largest absolute Gasteiger partial charge is 0.340 e. The molecule has 0 bridgehead atoms. The Hall–Kier alpha value is -0.900. The molecular formula is C10H21N3O. The van der Waals surface area contributed by atoms with Gasteiger partial charge in [0.05, 0.1) is 6.54 Å². The smallest absolute Gasteiger partial charge is 0.174 e. The molecule has 0 saturated heterocycles. The van der Waals surface area contributed by atoms with Gasteiger partial charge in [-0.25, -0.2) is 0 Å². The number of likely N-dealkylation sites (N-methyl/N-ethyl adjacent to an activating group) is 1. The fourth-order valence-corrected chi connectivity index (χ4v) is 1.16. The molecule has 82 valence electrons. The van der Waals surface area contributed by atoms with Gasteiger partial charge in [0.25, 0.3) is 0 Å². The molecule has 0 aromatic carbocycles. The topological polar surface area (TPSA) is 42.2 Å². The molecule has 0 atom stereocenters. The minimum Gasteiger partial charge on any atom is -0.340 e. The van der Waals surface area contributed by atoms with Crippen molar-refractivity contribution in [3.05, 3.63) is 11.5 Å². The standard InChI is InChI=1S/C6H9N3O.2C2H6/c1-9-3-2-5-6(4-9)10-8-7-5;2*1-2/h2-4H2,1H3;2*1-2H3. The predicted octanol–water partition coefficient (Wildman–Crippen LogP) is 2.11. The maximum atomic E-state index is 4.92. The first-order valence-corrected chi connectivity index (χ1v) is 5.35. The molecule has 0 aliphatic carbocycles. The fraction of sp³-hybridized carbons (Fsp3) is 0.800. The number of hydrogen-bond acceptors (Lipinski definition) is 4. The summed E-state index contributed by atoms with van der Waals surface area (Å²) in [4.78, 5) is 2.19. The molecule has 2 rings (SSSR count). The van der Waals surface area contributed by atoms with Gasteiger partial charge in [0, 0.05) is 18.2 Å². The Kier molecular flexibility index (Phi) is 7.02. The molecule has 1 aromatic heterocycles. The van der Waals surface area contributed by atoms with Gasteiger partial charge in [-0.15, -0.1) is 5.10 Å². The molecule has 0 saturated carbocycles. The van der Waals surface area contributed by atoms with E-state index in [-0.39, 0.29) is 0 Å². The molecule has 0 fully saturated rings. The highest BCUT2D eigenvalue weighted by molar-refractivity contribution is 5.08. The minimum absolute atomic E-state index is 0.850. The second-order valence-corrected chi connectivity index (χ2v) is 2.63. The molecule has 1 aliphatic rings. The average Bonchev–Trinajstić information content (AvgIpc) is 2.71. The lowest BCUT2D eigenvalue weighted by Crippen LogP contribution is -2.25. The van der Waals surface area contributed by atoms with E-state index in [1.807, 2.05) is 27.7 Å². The van der Waals surface area contributed by atoms with Gasteiger partial charge < -0.3 is 4.52 Å². The van der Waals surface area contributed by atoms with Crippen LogP contribution in [0.1, 0.15) is 39.1 Å². The zero-order chi connectivity index (χ0) is 11.0. The van der Waals surface area contributed by atoms with Crippen molar-refractivity contribution < 1.29 is 4.52 Å². The van der Waals surface area contributed by atoms with Crippen LogP contribution in [0.25, 0.3) is 0 Å². The van der Waals surface area contributed by atoms with E-state index >= 15 is 0 Å². The maximum Gasteiger partial charge on any atom is 0.174 e. The van der Waals surface area contributed by atoms with Crippen LogP contribution in [0.4, 0.5) is 0 Å². The lowest BCUT2D eigenvalue weighted by atomic mass is 10.2. The molecule has 0 N–H and O–H groups in total. The Morgan fingerprint density at radius 3 is 2.50 bits per heavy atom. The first kappa shape index (κ1) is 13.1. The molecule has 0 spiro atoms. The second kappa shape index (κ2) is 7.50. The summed E-state index contributed by atoms with van der Waals surface area (Å²) in [6.45, 7) is 9.91. The Bertz CT molecular complexity index is 235. The van der Waals surface area contributed by atoms with E-state index in [0.717, 1.165) is 31.0 Å². The molecule has 0 unspecified atom stereocenters. The van der Waals surface area contributed by atoms with Gasteiger partial charge in [0.15, 0.2) is 5.76 Å². The zero-order valence-electron chi connectivity index (χ0n) is 9.87. The Morgan fingerprint density at radius 2 is 1.86 bits per heavy atom. The van der Waals surface area contributed by atoms with Gasteiger partial charge >= 0.3 is 0 Å². The summed E-state index contributed by atoms with van der Waals surface area (Å²) >= 11 is 0. The minimum atomic E-state index is 0.850.